The number of likely N-dealkylation sites (tertiary alicyclic amines) is 1. The lowest BCUT2D eigenvalue weighted by molar-refractivity contribution is 0.0901. The van der Waals surface area contributed by atoms with Gasteiger partial charge in [-0.25, -0.2) is 9.78 Å². The fourth-order valence-corrected chi connectivity index (χ4v) is 4.80. The van der Waals surface area contributed by atoms with Gasteiger partial charge in [-0.05, 0) is 30.5 Å². The number of nitrogens with one attached hydrogen (secondary N) is 1. The molecule has 3 N–H and O–H groups in total. The van der Waals surface area contributed by atoms with Crippen LogP contribution in [0.2, 0.25) is 0 Å². The SMILES string of the molecule is CC[C@@H](NC(=O)N1CC2(CCn3nc(-c4cnc(N)c(C#N)c4)cc32)C1)c1ccccc1. The number of urea groups is 1. The van der Waals surface area contributed by atoms with Gasteiger partial charge in [0.15, 0.2) is 0 Å². The van der Waals surface area contributed by atoms with Crippen molar-refractivity contribution < 1.29 is 4.79 Å². The van der Waals surface area contributed by atoms with Gasteiger partial charge in [-0.1, -0.05) is 37.3 Å². The number of pyridine rings is 1. The number of benzene rings is 1. The number of nitrogens with two attached hydrogens (primary N) is 1. The van der Waals surface area contributed by atoms with Crippen molar-refractivity contribution in [3.63, 3.8) is 0 Å². The van der Waals surface area contributed by atoms with Crippen LogP contribution in [0.15, 0.2) is 48.7 Å². The minimum atomic E-state index is -0.0592. The molecule has 1 spiro atoms. The smallest absolute Gasteiger partial charge is 0.317 e. The molecule has 2 aromatic heterocycles. The van der Waals surface area contributed by atoms with Gasteiger partial charge in [-0.15, -0.1) is 0 Å². The second-order valence-electron chi connectivity index (χ2n) is 8.61. The molecule has 2 amide bonds. The normalized spacial score (nSPS) is 16.8. The van der Waals surface area contributed by atoms with Crippen LogP contribution >= 0.6 is 0 Å². The summed E-state index contributed by atoms with van der Waals surface area (Å²) in [6, 6.07) is 15.9. The molecule has 3 aromatic rings. The third-order valence-corrected chi connectivity index (χ3v) is 6.64. The number of carbonyl (C=O) groups is 1. The third-order valence-electron chi connectivity index (χ3n) is 6.64. The van der Waals surface area contributed by atoms with Crippen molar-refractivity contribution in [2.45, 2.75) is 37.8 Å². The number of nitrogen functional groups attached to an aromatic ring is 1. The van der Waals surface area contributed by atoms with E-state index in [9.17, 15) is 10.1 Å². The molecule has 32 heavy (non-hydrogen) atoms. The summed E-state index contributed by atoms with van der Waals surface area (Å²) in [5.74, 6) is 0.223. The van der Waals surface area contributed by atoms with E-state index in [4.69, 9.17) is 10.8 Å². The number of hydrogen-bond acceptors (Lipinski definition) is 5. The minimum absolute atomic E-state index is 0.00769. The molecular weight excluding hydrogens is 402 g/mol. The van der Waals surface area contributed by atoms with Gasteiger partial charge in [0.2, 0.25) is 0 Å². The van der Waals surface area contributed by atoms with Crippen LogP contribution in [-0.2, 0) is 12.0 Å². The largest absolute Gasteiger partial charge is 0.383 e. The molecular formula is C24H25N7O. The van der Waals surface area contributed by atoms with Crippen molar-refractivity contribution in [2.24, 2.45) is 0 Å². The number of fused-ring (bicyclic) bond motifs is 2. The van der Waals surface area contributed by atoms with Gasteiger partial charge in [-0.3, -0.25) is 4.68 Å². The number of aryl methyl sites for hydroxylation is 1. The Bertz CT molecular complexity index is 1200. The molecule has 1 fully saturated rings. The summed E-state index contributed by atoms with van der Waals surface area (Å²) in [7, 11) is 0. The summed E-state index contributed by atoms with van der Waals surface area (Å²) in [5.41, 5.74) is 9.85. The number of aromatic nitrogens is 3. The van der Waals surface area contributed by atoms with Crippen molar-refractivity contribution in [1.29, 1.82) is 5.26 Å². The standard InChI is InChI=1S/C24H25N7O/c1-2-19(16-6-4-3-5-7-16)28-23(32)30-14-24(15-30)8-9-31-21(24)11-20(29-31)18-10-17(12-25)22(26)27-13-18/h3-7,10-11,13,19H,2,8-9,14-15H2,1H3,(H2,26,27)(H,28,32)/t19-/m1/s1. The maximum absolute atomic E-state index is 12.9. The van der Waals surface area contributed by atoms with Crippen LogP contribution in [0.25, 0.3) is 11.3 Å². The van der Waals surface area contributed by atoms with E-state index in [1.807, 2.05) is 39.9 Å². The summed E-state index contributed by atoms with van der Waals surface area (Å²) in [6.45, 7) is 4.26. The fraction of sp³-hybridized carbons (Fsp3) is 0.333. The molecule has 1 atom stereocenters. The van der Waals surface area contributed by atoms with Crippen molar-refractivity contribution in [3.8, 4) is 17.3 Å². The molecule has 2 aliphatic heterocycles. The summed E-state index contributed by atoms with van der Waals surface area (Å²) in [5, 5.41) is 17.1. The zero-order valence-electron chi connectivity index (χ0n) is 18.0. The molecule has 2 aliphatic rings. The number of carbonyl (C=O) groups excluding carboxylic acids is 1. The Balaban J connectivity index is 1.30. The molecule has 0 bridgehead atoms. The van der Waals surface area contributed by atoms with E-state index in [0.717, 1.165) is 41.9 Å². The van der Waals surface area contributed by atoms with Gasteiger partial charge in [0.1, 0.15) is 11.9 Å². The highest BCUT2D eigenvalue weighted by Gasteiger charge is 2.51. The second kappa shape index (κ2) is 7.68. The predicted octanol–water partition coefficient (Wildman–Crippen LogP) is 3.22. The van der Waals surface area contributed by atoms with Crippen molar-refractivity contribution in [2.75, 3.05) is 18.8 Å². The Morgan fingerprint density at radius 1 is 1.31 bits per heavy atom. The first-order valence-corrected chi connectivity index (χ1v) is 10.9. The lowest BCUT2D eigenvalue weighted by Gasteiger charge is -2.47. The van der Waals surface area contributed by atoms with Crippen LogP contribution in [0, 0.1) is 11.3 Å². The van der Waals surface area contributed by atoms with Crippen LogP contribution in [0.4, 0.5) is 10.6 Å². The molecule has 0 radical (unpaired) electrons. The van der Waals surface area contributed by atoms with Gasteiger partial charge in [-0.2, -0.15) is 10.4 Å². The Labute approximate surface area is 186 Å². The Hall–Kier alpha value is -3.86. The zero-order chi connectivity index (χ0) is 22.3. The van der Waals surface area contributed by atoms with Gasteiger partial charge in [0, 0.05) is 42.5 Å². The fourth-order valence-electron chi connectivity index (χ4n) is 4.80. The molecule has 8 nitrogen and oxygen atoms in total. The van der Waals surface area contributed by atoms with E-state index < -0.39 is 0 Å². The maximum atomic E-state index is 12.9. The molecule has 0 aliphatic carbocycles. The predicted molar refractivity (Wildman–Crippen MR) is 120 cm³/mol. The van der Waals surface area contributed by atoms with Crippen LogP contribution in [0.3, 0.4) is 0 Å². The quantitative estimate of drug-likeness (QED) is 0.664. The highest BCUT2D eigenvalue weighted by Crippen LogP contribution is 2.44. The van der Waals surface area contributed by atoms with E-state index in [1.165, 1.54) is 0 Å². The zero-order valence-corrected chi connectivity index (χ0v) is 18.0. The van der Waals surface area contributed by atoms with Gasteiger partial charge >= 0.3 is 6.03 Å². The second-order valence-corrected chi connectivity index (χ2v) is 8.61. The number of nitriles is 1. The van der Waals surface area contributed by atoms with Gasteiger partial charge in [0.05, 0.1) is 17.3 Å². The average molecular weight is 428 g/mol. The summed E-state index contributed by atoms with van der Waals surface area (Å²) < 4.78 is 2.02. The monoisotopic (exact) mass is 427 g/mol. The summed E-state index contributed by atoms with van der Waals surface area (Å²) >= 11 is 0. The van der Waals surface area contributed by atoms with Crippen molar-refractivity contribution in [3.05, 3.63) is 65.5 Å². The number of nitrogens with zero attached hydrogens (tertiary/aromatic N) is 5. The lowest BCUT2D eigenvalue weighted by atomic mass is 9.76. The van der Waals surface area contributed by atoms with Gasteiger partial charge < -0.3 is 16.0 Å². The number of anilines is 1. The highest BCUT2D eigenvalue weighted by molar-refractivity contribution is 5.76. The lowest BCUT2D eigenvalue weighted by Crippen LogP contribution is -2.62. The molecule has 4 heterocycles. The Morgan fingerprint density at radius 2 is 2.09 bits per heavy atom. The molecule has 8 heteroatoms. The number of amides is 2. The van der Waals surface area contributed by atoms with E-state index in [2.05, 4.69) is 29.4 Å². The van der Waals surface area contributed by atoms with Crippen LogP contribution in [0.1, 0.15) is 42.6 Å². The van der Waals surface area contributed by atoms with Crippen LogP contribution in [0.5, 0.6) is 0 Å². The Kier molecular flexibility index (Phi) is 4.82. The number of rotatable bonds is 4. The van der Waals surface area contributed by atoms with Crippen molar-refractivity contribution in [1.82, 2.24) is 25.0 Å². The van der Waals surface area contributed by atoms with E-state index in [1.54, 1.807) is 12.3 Å². The highest BCUT2D eigenvalue weighted by atomic mass is 16.2. The van der Waals surface area contributed by atoms with Crippen LogP contribution < -0.4 is 11.1 Å². The van der Waals surface area contributed by atoms with Crippen LogP contribution in [-0.4, -0.2) is 38.8 Å². The first-order chi connectivity index (χ1) is 15.5. The third kappa shape index (κ3) is 3.26. The number of hydrogen-bond donors (Lipinski definition) is 2. The summed E-state index contributed by atoms with van der Waals surface area (Å²) in [4.78, 5) is 18.9. The van der Waals surface area contributed by atoms with E-state index in [0.29, 0.717) is 18.7 Å². The molecule has 162 valence electrons. The molecule has 5 rings (SSSR count). The van der Waals surface area contributed by atoms with E-state index >= 15 is 0 Å². The minimum Gasteiger partial charge on any atom is -0.383 e. The molecule has 0 unspecified atom stereocenters. The van der Waals surface area contributed by atoms with Gasteiger partial charge in [0.25, 0.3) is 0 Å². The average Bonchev–Trinajstić information content (AvgIpc) is 3.36. The molecule has 1 saturated heterocycles. The Morgan fingerprint density at radius 3 is 2.81 bits per heavy atom. The molecule has 1 aromatic carbocycles. The van der Waals surface area contributed by atoms with E-state index in [-0.39, 0.29) is 23.3 Å². The topological polar surface area (TPSA) is 113 Å². The summed E-state index contributed by atoms with van der Waals surface area (Å²) in [6.07, 6.45) is 3.46. The maximum Gasteiger partial charge on any atom is 0.317 e. The van der Waals surface area contributed by atoms with Crippen molar-refractivity contribution >= 4 is 11.8 Å². The molecule has 0 saturated carbocycles. The first-order valence-electron chi connectivity index (χ1n) is 10.9. The first kappa shape index (κ1) is 20.1.